The first-order chi connectivity index (χ1) is 21.2. The topological polar surface area (TPSA) is 107 Å². The summed E-state index contributed by atoms with van der Waals surface area (Å²) < 4.78 is 51.0. The predicted octanol–water partition coefficient (Wildman–Crippen LogP) is 5.32. The standard InChI is InChI=1S/C33H36F2N2O7/c1-4-19-12-22(34)13-20(5-2)30(19)36-28(38)17-37-16-24(21-14-25(35)32-27(15-21)43-18-44-32)29(33(39)40)31(37)23-8-6-7-9-26(23)42-11-10-41-3/h6-9,12-15,24,29,31H,4-5,10-11,16-18H2,1-3H3,(H,36,38)(H,39,40)/t24-,29?,31+/m1/s1. The summed E-state index contributed by atoms with van der Waals surface area (Å²) in [6, 6.07) is 12.0. The van der Waals surface area contributed by atoms with Gasteiger partial charge >= 0.3 is 5.97 Å². The van der Waals surface area contributed by atoms with Crippen LogP contribution in [0.25, 0.3) is 0 Å². The van der Waals surface area contributed by atoms with Gasteiger partial charge in [0.05, 0.1) is 25.1 Å². The molecule has 0 aliphatic carbocycles. The second kappa shape index (κ2) is 13.6. The van der Waals surface area contributed by atoms with Crippen molar-refractivity contribution < 1.29 is 42.4 Å². The molecule has 2 heterocycles. The number of methoxy groups -OCH3 is 1. The number of carboxylic acids is 1. The Morgan fingerprint density at radius 3 is 2.45 bits per heavy atom. The highest BCUT2D eigenvalue weighted by molar-refractivity contribution is 5.94. The molecule has 2 aliphatic heterocycles. The molecule has 0 radical (unpaired) electrons. The number of carbonyl (C=O) groups excluding carboxylic acids is 1. The monoisotopic (exact) mass is 610 g/mol. The van der Waals surface area contributed by atoms with E-state index >= 15 is 4.39 Å². The molecule has 0 aromatic heterocycles. The second-order valence-corrected chi connectivity index (χ2v) is 10.8. The molecule has 1 saturated heterocycles. The number of para-hydroxylation sites is 1. The molecule has 0 spiro atoms. The summed E-state index contributed by atoms with van der Waals surface area (Å²) in [6.45, 7) is 4.15. The quantitative estimate of drug-likeness (QED) is 0.266. The summed E-state index contributed by atoms with van der Waals surface area (Å²) in [4.78, 5) is 28.4. The van der Waals surface area contributed by atoms with Crippen molar-refractivity contribution in [1.82, 2.24) is 4.90 Å². The van der Waals surface area contributed by atoms with E-state index in [1.54, 1.807) is 42.3 Å². The molecule has 3 aromatic rings. The Morgan fingerprint density at radius 1 is 1.05 bits per heavy atom. The molecule has 1 amide bonds. The van der Waals surface area contributed by atoms with Gasteiger partial charge in [-0.05, 0) is 59.9 Å². The van der Waals surface area contributed by atoms with Crippen LogP contribution in [0.15, 0.2) is 48.5 Å². The summed E-state index contributed by atoms with van der Waals surface area (Å²) in [5.74, 6) is -3.63. The minimum atomic E-state index is -1.10. The summed E-state index contributed by atoms with van der Waals surface area (Å²) >= 11 is 0. The molecule has 0 bridgehead atoms. The molecule has 9 nitrogen and oxygen atoms in total. The number of ether oxygens (including phenoxy) is 4. The fourth-order valence-corrected chi connectivity index (χ4v) is 6.20. The van der Waals surface area contributed by atoms with E-state index in [-0.39, 0.29) is 49.7 Å². The van der Waals surface area contributed by atoms with Crippen molar-refractivity contribution in [2.75, 3.05) is 45.5 Å². The lowest BCUT2D eigenvalue weighted by Gasteiger charge is -2.28. The minimum Gasteiger partial charge on any atom is -0.491 e. The highest BCUT2D eigenvalue weighted by Crippen LogP contribution is 2.50. The molecule has 3 atom stereocenters. The molecule has 0 saturated carbocycles. The molecule has 1 fully saturated rings. The van der Waals surface area contributed by atoms with Crippen LogP contribution in [0.3, 0.4) is 0 Å². The van der Waals surface area contributed by atoms with Gasteiger partial charge in [0.1, 0.15) is 18.2 Å². The number of aryl methyl sites for hydroxylation is 2. The van der Waals surface area contributed by atoms with Crippen molar-refractivity contribution in [3.05, 3.63) is 82.4 Å². The average molecular weight is 611 g/mol. The first-order valence-corrected chi connectivity index (χ1v) is 14.6. The number of hydrogen-bond donors (Lipinski definition) is 2. The molecule has 234 valence electrons. The van der Waals surface area contributed by atoms with E-state index in [2.05, 4.69) is 5.32 Å². The Kier molecular flexibility index (Phi) is 9.65. The van der Waals surface area contributed by atoms with E-state index in [0.29, 0.717) is 53.1 Å². The molecule has 2 N–H and O–H groups in total. The maximum absolute atomic E-state index is 15.0. The molecule has 5 rings (SSSR count). The van der Waals surface area contributed by atoms with Crippen LogP contribution >= 0.6 is 0 Å². The Labute approximate surface area is 254 Å². The SMILES string of the molecule is CCc1cc(F)cc(CC)c1NC(=O)CN1C[C@H](c2cc(F)c3c(c2)OCO3)C(C(=O)O)[C@@H]1c1ccccc1OCCOC. The number of nitrogens with one attached hydrogen (secondary N) is 1. The first-order valence-electron chi connectivity index (χ1n) is 14.6. The van der Waals surface area contributed by atoms with E-state index in [1.807, 2.05) is 13.8 Å². The van der Waals surface area contributed by atoms with E-state index in [0.717, 1.165) is 0 Å². The van der Waals surface area contributed by atoms with E-state index in [1.165, 1.54) is 18.2 Å². The normalized spacial score (nSPS) is 19.2. The Morgan fingerprint density at radius 2 is 1.77 bits per heavy atom. The van der Waals surface area contributed by atoms with Crippen LogP contribution in [0.1, 0.15) is 48.1 Å². The van der Waals surface area contributed by atoms with E-state index in [4.69, 9.17) is 18.9 Å². The number of hydrogen-bond acceptors (Lipinski definition) is 7. The number of amides is 1. The maximum Gasteiger partial charge on any atom is 0.309 e. The van der Waals surface area contributed by atoms with Gasteiger partial charge in [-0.2, -0.15) is 0 Å². The minimum absolute atomic E-state index is 0.0129. The van der Waals surface area contributed by atoms with Crippen LogP contribution < -0.4 is 19.5 Å². The molecule has 44 heavy (non-hydrogen) atoms. The number of halogens is 2. The van der Waals surface area contributed by atoms with Gasteiger partial charge < -0.3 is 29.4 Å². The number of fused-ring (bicyclic) bond motifs is 1. The van der Waals surface area contributed by atoms with Gasteiger partial charge in [-0.3, -0.25) is 14.5 Å². The van der Waals surface area contributed by atoms with Gasteiger partial charge in [0.15, 0.2) is 11.6 Å². The maximum atomic E-state index is 15.0. The van der Waals surface area contributed by atoms with Crippen LogP contribution in [-0.4, -0.2) is 62.1 Å². The molecular formula is C33H36F2N2O7. The molecule has 3 aromatic carbocycles. The van der Waals surface area contributed by atoms with Gasteiger partial charge in [-0.1, -0.05) is 32.0 Å². The van der Waals surface area contributed by atoms with Crippen molar-refractivity contribution in [2.24, 2.45) is 5.92 Å². The van der Waals surface area contributed by atoms with Crippen LogP contribution in [0.2, 0.25) is 0 Å². The molecular weight excluding hydrogens is 574 g/mol. The Hall–Kier alpha value is -4.22. The lowest BCUT2D eigenvalue weighted by Crippen LogP contribution is -2.35. The zero-order chi connectivity index (χ0) is 31.4. The van der Waals surface area contributed by atoms with Crippen molar-refractivity contribution in [1.29, 1.82) is 0 Å². The zero-order valence-corrected chi connectivity index (χ0v) is 24.9. The highest BCUT2D eigenvalue weighted by Gasteiger charge is 2.49. The average Bonchev–Trinajstić information content (AvgIpc) is 3.63. The molecule has 1 unspecified atom stereocenters. The first kappa shape index (κ1) is 31.2. The van der Waals surface area contributed by atoms with Crippen LogP contribution in [0.4, 0.5) is 14.5 Å². The second-order valence-electron chi connectivity index (χ2n) is 10.8. The van der Waals surface area contributed by atoms with E-state index < -0.39 is 29.7 Å². The van der Waals surface area contributed by atoms with Gasteiger partial charge in [0.2, 0.25) is 18.4 Å². The number of carboxylic acid groups (broad SMARTS) is 1. The summed E-state index contributed by atoms with van der Waals surface area (Å²) in [5, 5.41) is 13.6. The lowest BCUT2D eigenvalue weighted by molar-refractivity contribution is -0.143. The van der Waals surface area contributed by atoms with Crippen molar-refractivity contribution in [3.8, 4) is 17.2 Å². The van der Waals surface area contributed by atoms with Gasteiger partial charge in [0.25, 0.3) is 0 Å². The Bertz CT molecular complexity index is 1510. The lowest BCUT2D eigenvalue weighted by atomic mass is 9.82. The van der Waals surface area contributed by atoms with Crippen molar-refractivity contribution in [3.63, 3.8) is 0 Å². The molecule has 2 aliphatic rings. The molecule has 11 heteroatoms. The number of nitrogens with zero attached hydrogens (tertiary/aromatic N) is 1. The van der Waals surface area contributed by atoms with Gasteiger partial charge in [-0.25, -0.2) is 8.78 Å². The smallest absolute Gasteiger partial charge is 0.309 e. The summed E-state index contributed by atoms with van der Waals surface area (Å²) in [6.07, 6.45) is 1.02. The highest BCUT2D eigenvalue weighted by atomic mass is 19.1. The third-order valence-electron chi connectivity index (χ3n) is 8.18. The van der Waals surface area contributed by atoms with Crippen molar-refractivity contribution >= 4 is 17.6 Å². The number of benzene rings is 3. The van der Waals surface area contributed by atoms with Crippen LogP contribution in [0.5, 0.6) is 17.2 Å². The van der Waals surface area contributed by atoms with Gasteiger partial charge in [0, 0.05) is 30.8 Å². The van der Waals surface area contributed by atoms with E-state index in [9.17, 15) is 19.1 Å². The van der Waals surface area contributed by atoms with Gasteiger partial charge in [-0.15, -0.1) is 0 Å². The number of rotatable bonds is 12. The largest absolute Gasteiger partial charge is 0.491 e. The van der Waals surface area contributed by atoms with Crippen LogP contribution in [-0.2, 0) is 27.2 Å². The summed E-state index contributed by atoms with van der Waals surface area (Å²) in [5.41, 5.74) is 2.90. The Balaban J connectivity index is 1.53. The number of aliphatic carboxylic acids is 1. The zero-order valence-electron chi connectivity index (χ0n) is 24.9. The predicted molar refractivity (Wildman–Crippen MR) is 158 cm³/mol. The summed E-state index contributed by atoms with van der Waals surface area (Å²) in [7, 11) is 1.55. The third-order valence-corrected chi connectivity index (χ3v) is 8.18. The van der Waals surface area contributed by atoms with Crippen molar-refractivity contribution in [2.45, 2.75) is 38.6 Å². The number of carbonyl (C=O) groups is 2. The fraction of sp³-hybridized carbons (Fsp3) is 0.394. The van der Waals surface area contributed by atoms with Crippen LogP contribution in [0, 0.1) is 17.6 Å². The fourth-order valence-electron chi connectivity index (χ4n) is 6.20. The number of anilines is 1. The number of likely N-dealkylation sites (tertiary alicyclic amines) is 1. The third kappa shape index (κ3) is 6.34.